The van der Waals surface area contributed by atoms with Crippen LogP contribution in [-0.4, -0.2) is 70.3 Å². The molecule has 1 unspecified atom stereocenters. The summed E-state index contributed by atoms with van der Waals surface area (Å²) in [6.45, 7) is 10.7. The van der Waals surface area contributed by atoms with Crippen molar-refractivity contribution in [2.75, 3.05) is 32.8 Å². The molecular formula is C18H28N4O3. The second-order valence-corrected chi connectivity index (χ2v) is 7.84. The van der Waals surface area contributed by atoms with Crippen LogP contribution in [0.1, 0.15) is 50.6 Å². The van der Waals surface area contributed by atoms with Crippen molar-refractivity contribution >= 4 is 11.8 Å². The minimum absolute atomic E-state index is 0.00902. The van der Waals surface area contributed by atoms with E-state index in [1.165, 1.54) is 0 Å². The van der Waals surface area contributed by atoms with E-state index in [9.17, 15) is 9.59 Å². The van der Waals surface area contributed by atoms with Gasteiger partial charge in [-0.1, -0.05) is 0 Å². The zero-order chi connectivity index (χ0) is 18.2. The number of carbonyl (C=O) groups is 2. The highest BCUT2D eigenvalue weighted by Crippen LogP contribution is 2.35. The van der Waals surface area contributed by atoms with E-state index >= 15 is 0 Å². The van der Waals surface area contributed by atoms with E-state index in [1.807, 2.05) is 37.5 Å². The van der Waals surface area contributed by atoms with Gasteiger partial charge in [-0.2, -0.15) is 5.10 Å². The normalized spacial score (nSPS) is 24.6. The van der Waals surface area contributed by atoms with Crippen LogP contribution < -0.4 is 0 Å². The molecule has 0 N–H and O–H groups in total. The molecule has 3 heterocycles. The molecule has 1 atom stereocenters. The van der Waals surface area contributed by atoms with Gasteiger partial charge in [0.05, 0.1) is 6.61 Å². The van der Waals surface area contributed by atoms with Crippen LogP contribution in [0.25, 0.3) is 0 Å². The van der Waals surface area contributed by atoms with Crippen molar-refractivity contribution in [1.82, 2.24) is 19.6 Å². The SMILES string of the molecule is CC(C)N1CC2(CCN(C(=O)c3ccnn3C(C)C)C2)COCC1=O. The number of rotatable bonds is 3. The van der Waals surface area contributed by atoms with Gasteiger partial charge in [0.2, 0.25) is 5.91 Å². The summed E-state index contributed by atoms with van der Waals surface area (Å²) in [4.78, 5) is 29.0. The van der Waals surface area contributed by atoms with Crippen molar-refractivity contribution in [3.8, 4) is 0 Å². The van der Waals surface area contributed by atoms with Crippen LogP contribution in [0.4, 0.5) is 0 Å². The van der Waals surface area contributed by atoms with E-state index in [2.05, 4.69) is 5.10 Å². The Bertz CT molecular complexity index is 655. The molecule has 25 heavy (non-hydrogen) atoms. The molecular weight excluding hydrogens is 320 g/mol. The quantitative estimate of drug-likeness (QED) is 0.831. The number of carbonyl (C=O) groups excluding carboxylic acids is 2. The molecule has 138 valence electrons. The second-order valence-electron chi connectivity index (χ2n) is 7.84. The summed E-state index contributed by atoms with van der Waals surface area (Å²) in [5.74, 6) is 0.0456. The fourth-order valence-corrected chi connectivity index (χ4v) is 3.82. The number of hydrogen-bond acceptors (Lipinski definition) is 4. The van der Waals surface area contributed by atoms with Gasteiger partial charge < -0.3 is 14.5 Å². The van der Waals surface area contributed by atoms with Gasteiger partial charge in [-0.15, -0.1) is 0 Å². The lowest BCUT2D eigenvalue weighted by Gasteiger charge is -2.34. The molecule has 3 rings (SSSR count). The van der Waals surface area contributed by atoms with Crippen LogP contribution >= 0.6 is 0 Å². The van der Waals surface area contributed by atoms with Gasteiger partial charge in [-0.3, -0.25) is 14.3 Å². The monoisotopic (exact) mass is 348 g/mol. The maximum Gasteiger partial charge on any atom is 0.272 e. The fourth-order valence-electron chi connectivity index (χ4n) is 3.82. The van der Waals surface area contributed by atoms with Crippen molar-refractivity contribution in [3.05, 3.63) is 18.0 Å². The molecule has 2 fully saturated rings. The third-order valence-corrected chi connectivity index (χ3v) is 5.19. The third kappa shape index (κ3) is 3.42. The van der Waals surface area contributed by atoms with Crippen LogP contribution in [0.15, 0.2) is 12.3 Å². The average molecular weight is 348 g/mol. The van der Waals surface area contributed by atoms with Crippen LogP contribution in [-0.2, 0) is 9.53 Å². The Morgan fingerprint density at radius 3 is 2.68 bits per heavy atom. The number of ether oxygens (including phenoxy) is 1. The number of aromatic nitrogens is 2. The van der Waals surface area contributed by atoms with Crippen LogP contribution in [0.2, 0.25) is 0 Å². The maximum atomic E-state index is 13.0. The predicted molar refractivity (Wildman–Crippen MR) is 93.2 cm³/mol. The lowest BCUT2D eigenvalue weighted by molar-refractivity contribution is -0.135. The molecule has 2 aliphatic rings. The minimum Gasteiger partial charge on any atom is -0.371 e. The van der Waals surface area contributed by atoms with Gasteiger partial charge in [0, 0.05) is 43.3 Å². The average Bonchev–Trinajstić information content (AvgIpc) is 3.15. The summed E-state index contributed by atoms with van der Waals surface area (Å²) >= 11 is 0. The molecule has 2 amide bonds. The zero-order valence-corrected chi connectivity index (χ0v) is 15.6. The van der Waals surface area contributed by atoms with Gasteiger partial charge in [0.1, 0.15) is 12.3 Å². The molecule has 2 saturated heterocycles. The number of nitrogens with zero attached hydrogens (tertiary/aromatic N) is 4. The number of hydrogen-bond donors (Lipinski definition) is 0. The first-order valence-corrected chi connectivity index (χ1v) is 9.03. The Hall–Kier alpha value is -1.89. The number of amides is 2. The van der Waals surface area contributed by atoms with Crippen LogP contribution in [0, 0.1) is 5.41 Å². The highest BCUT2D eigenvalue weighted by Gasteiger charge is 2.45. The Kier molecular flexibility index (Phi) is 4.86. The Morgan fingerprint density at radius 2 is 2.00 bits per heavy atom. The predicted octanol–water partition coefficient (Wildman–Crippen LogP) is 1.56. The smallest absolute Gasteiger partial charge is 0.272 e. The molecule has 1 spiro atoms. The maximum absolute atomic E-state index is 13.0. The summed E-state index contributed by atoms with van der Waals surface area (Å²) in [5, 5.41) is 4.26. The molecule has 0 bridgehead atoms. The highest BCUT2D eigenvalue weighted by molar-refractivity contribution is 5.92. The molecule has 2 aliphatic heterocycles. The summed E-state index contributed by atoms with van der Waals surface area (Å²) in [6, 6.07) is 2.06. The lowest BCUT2D eigenvalue weighted by Crippen LogP contribution is -2.46. The first-order valence-electron chi connectivity index (χ1n) is 9.03. The van der Waals surface area contributed by atoms with E-state index in [0.29, 0.717) is 31.9 Å². The van der Waals surface area contributed by atoms with Crippen molar-refractivity contribution in [2.45, 2.75) is 46.2 Å². The van der Waals surface area contributed by atoms with Crippen LogP contribution in [0.5, 0.6) is 0 Å². The molecule has 1 aromatic rings. The standard InChI is InChI=1S/C18H28N4O3/c1-13(2)21-11-18(12-25-9-16(21)23)6-8-20(10-18)17(24)15-5-7-19-22(15)14(3)4/h5,7,13-14H,6,8-12H2,1-4H3. The summed E-state index contributed by atoms with van der Waals surface area (Å²) < 4.78 is 7.42. The third-order valence-electron chi connectivity index (χ3n) is 5.19. The van der Waals surface area contributed by atoms with Crippen molar-refractivity contribution in [3.63, 3.8) is 0 Å². The first-order chi connectivity index (χ1) is 11.8. The van der Waals surface area contributed by atoms with E-state index in [-0.39, 0.29) is 35.9 Å². The van der Waals surface area contributed by atoms with E-state index in [0.717, 1.165) is 6.42 Å². The van der Waals surface area contributed by atoms with Crippen molar-refractivity contribution < 1.29 is 14.3 Å². The molecule has 7 heteroatoms. The topological polar surface area (TPSA) is 67.7 Å². The zero-order valence-electron chi connectivity index (χ0n) is 15.6. The Labute approximate surface area is 148 Å². The second kappa shape index (κ2) is 6.78. The minimum atomic E-state index is -0.172. The van der Waals surface area contributed by atoms with Crippen molar-refractivity contribution in [1.29, 1.82) is 0 Å². The summed E-state index contributed by atoms with van der Waals surface area (Å²) in [7, 11) is 0. The fraction of sp³-hybridized carbons (Fsp3) is 0.722. The Morgan fingerprint density at radius 1 is 1.24 bits per heavy atom. The van der Waals surface area contributed by atoms with Gasteiger partial charge in [0.15, 0.2) is 0 Å². The van der Waals surface area contributed by atoms with Gasteiger partial charge in [-0.25, -0.2) is 0 Å². The molecule has 0 radical (unpaired) electrons. The van der Waals surface area contributed by atoms with E-state index in [4.69, 9.17) is 4.74 Å². The molecule has 0 saturated carbocycles. The largest absolute Gasteiger partial charge is 0.371 e. The van der Waals surface area contributed by atoms with Gasteiger partial charge >= 0.3 is 0 Å². The van der Waals surface area contributed by atoms with Crippen molar-refractivity contribution in [2.24, 2.45) is 5.41 Å². The molecule has 0 aliphatic carbocycles. The number of likely N-dealkylation sites (tertiary alicyclic amines) is 1. The van der Waals surface area contributed by atoms with Gasteiger partial charge in [0.25, 0.3) is 5.91 Å². The van der Waals surface area contributed by atoms with Crippen LogP contribution in [0.3, 0.4) is 0 Å². The summed E-state index contributed by atoms with van der Waals surface area (Å²) in [5.41, 5.74) is 0.452. The highest BCUT2D eigenvalue weighted by atomic mass is 16.5. The first kappa shape index (κ1) is 17.9. The lowest BCUT2D eigenvalue weighted by atomic mass is 9.87. The molecule has 0 aromatic carbocycles. The Balaban J connectivity index is 1.77. The summed E-state index contributed by atoms with van der Waals surface area (Å²) in [6.07, 6.45) is 2.53. The van der Waals surface area contributed by atoms with E-state index < -0.39 is 0 Å². The molecule has 1 aromatic heterocycles. The van der Waals surface area contributed by atoms with Gasteiger partial charge in [-0.05, 0) is 40.2 Å². The molecule has 7 nitrogen and oxygen atoms in total. The van der Waals surface area contributed by atoms with E-state index in [1.54, 1.807) is 16.9 Å².